The van der Waals surface area contributed by atoms with Crippen molar-refractivity contribution in [1.82, 2.24) is 10.4 Å². The van der Waals surface area contributed by atoms with Crippen molar-refractivity contribution in [3.8, 4) is 0 Å². The molecule has 0 saturated heterocycles. The summed E-state index contributed by atoms with van der Waals surface area (Å²) in [6.07, 6.45) is 8.79. The molecule has 0 fully saturated rings. The lowest BCUT2D eigenvalue weighted by molar-refractivity contribution is 0.584. The first-order chi connectivity index (χ1) is 7.24. The second-order valence-electron chi connectivity index (χ2n) is 3.72. The molecule has 0 aromatic rings. The van der Waals surface area contributed by atoms with Gasteiger partial charge in [-0.2, -0.15) is 0 Å². The number of hydrogen-bond acceptors (Lipinski definition) is 2. The van der Waals surface area contributed by atoms with Crippen LogP contribution in [0.15, 0.2) is 23.8 Å². The van der Waals surface area contributed by atoms with Crippen LogP contribution in [0.25, 0.3) is 0 Å². The minimum atomic E-state index is 0.558. The van der Waals surface area contributed by atoms with Gasteiger partial charge in [-0.25, -0.2) is 0 Å². The minimum absolute atomic E-state index is 0.558. The number of hydrogen-bond donors (Lipinski definition) is 2. The molecular weight excluding hydrogens is 203 g/mol. The normalized spacial score (nSPS) is 14.8. The van der Waals surface area contributed by atoms with E-state index in [0.717, 1.165) is 25.9 Å². The first kappa shape index (κ1) is 14.8. The largest absolute Gasteiger partial charge is 0.313 e. The van der Waals surface area contributed by atoms with E-state index < -0.39 is 0 Å². The van der Waals surface area contributed by atoms with E-state index in [1.807, 2.05) is 0 Å². The maximum absolute atomic E-state index is 3.45. The Labute approximate surface area is 96.9 Å². The minimum Gasteiger partial charge on any atom is -0.313 e. The fraction of sp³-hybridized carbons (Fsp3) is 0.667. The van der Waals surface area contributed by atoms with Gasteiger partial charge < -0.3 is 5.32 Å². The van der Waals surface area contributed by atoms with Crippen LogP contribution in [-0.4, -0.2) is 19.1 Å². The average molecular weight is 228 g/mol. The molecule has 0 saturated carbocycles. The van der Waals surface area contributed by atoms with Crippen molar-refractivity contribution in [3.05, 3.63) is 23.8 Å². The zero-order valence-corrected chi connectivity index (χ0v) is 11.4. The smallest absolute Gasteiger partial charge is 0.0202 e. The van der Waals surface area contributed by atoms with E-state index in [-0.39, 0.29) is 0 Å². The summed E-state index contributed by atoms with van der Waals surface area (Å²) in [5.41, 5.74) is 1.38. The Kier molecular flexibility index (Phi) is 10.2. The van der Waals surface area contributed by atoms with Gasteiger partial charge in [0.2, 0.25) is 0 Å². The van der Waals surface area contributed by atoms with Crippen molar-refractivity contribution in [2.24, 2.45) is 0 Å². The highest BCUT2D eigenvalue weighted by Crippen LogP contribution is 1.98. The lowest BCUT2D eigenvalue weighted by Gasteiger charge is -2.10. The van der Waals surface area contributed by atoms with Crippen LogP contribution in [0.3, 0.4) is 0 Å². The molecule has 2 atom stereocenters. The van der Waals surface area contributed by atoms with Gasteiger partial charge in [0.25, 0.3) is 0 Å². The first-order valence-corrected chi connectivity index (χ1v) is 6.30. The molecule has 2 N–H and O–H groups in total. The molecule has 0 heterocycles. The van der Waals surface area contributed by atoms with E-state index in [9.17, 15) is 0 Å². The molecule has 0 spiro atoms. The predicted molar refractivity (Wildman–Crippen MR) is 73.0 cm³/mol. The highest BCUT2D eigenvalue weighted by molar-refractivity contribution is 7.13. The van der Waals surface area contributed by atoms with Crippen LogP contribution in [0, 0.1) is 0 Å². The highest BCUT2D eigenvalue weighted by Gasteiger charge is 1.97. The van der Waals surface area contributed by atoms with Crippen LogP contribution in [0.4, 0.5) is 0 Å². The Morgan fingerprint density at radius 1 is 1.47 bits per heavy atom. The summed E-state index contributed by atoms with van der Waals surface area (Å²) in [4.78, 5) is 0. The van der Waals surface area contributed by atoms with Crippen molar-refractivity contribution >= 4 is 9.39 Å². The van der Waals surface area contributed by atoms with Gasteiger partial charge in [0.1, 0.15) is 0 Å². The number of nitrogens with one attached hydrogen (secondary N) is 2. The molecule has 0 aliphatic heterocycles. The molecule has 2 nitrogen and oxygen atoms in total. The Balaban J connectivity index is 3.67. The molecule has 88 valence electrons. The van der Waals surface area contributed by atoms with Crippen LogP contribution in [-0.2, 0) is 0 Å². The maximum atomic E-state index is 3.45. The van der Waals surface area contributed by atoms with Gasteiger partial charge in [-0.15, -0.1) is 0 Å². The van der Waals surface area contributed by atoms with Crippen molar-refractivity contribution in [1.29, 1.82) is 0 Å². The van der Waals surface area contributed by atoms with Gasteiger partial charge >= 0.3 is 0 Å². The summed E-state index contributed by atoms with van der Waals surface area (Å²) in [6.45, 7) is 8.44. The topological polar surface area (TPSA) is 24.1 Å². The molecule has 0 rings (SSSR count). The molecule has 0 aliphatic carbocycles. The summed E-state index contributed by atoms with van der Waals surface area (Å²) in [6, 6.07) is 0.558. The first-order valence-electron chi connectivity index (χ1n) is 5.73. The third-order valence-electron chi connectivity index (χ3n) is 2.21. The standard InChI is InChI=1S/C12H25N2P/c1-4-6-12(7-5-2)10-13-9-8-11(3)14-15/h4,6-7,11,13-14H,5,8-10,15H2,1-3H3/b6-4-,12-7+. The molecule has 15 heavy (non-hydrogen) atoms. The monoisotopic (exact) mass is 228 g/mol. The molecule has 0 radical (unpaired) electrons. The SMILES string of the molecule is C/C=C\C(=C/CC)CNCCC(C)NP. The molecule has 2 unspecified atom stereocenters. The quantitative estimate of drug-likeness (QED) is 0.379. The Hall–Kier alpha value is -0.170. The van der Waals surface area contributed by atoms with Crippen molar-refractivity contribution in [2.75, 3.05) is 13.1 Å². The predicted octanol–water partition coefficient (Wildman–Crippen LogP) is 2.65. The summed E-state index contributed by atoms with van der Waals surface area (Å²) in [5, 5.41) is 6.60. The van der Waals surface area contributed by atoms with Gasteiger partial charge in [-0.1, -0.05) is 34.5 Å². The lowest BCUT2D eigenvalue weighted by Crippen LogP contribution is -2.25. The van der Waals surface area contributed by atoms with Crippen LogP contribution in [0.1, 0.15) is 33.6 Å². The van der Waals surface area contributed by atoms with Crippen LogP contribution in [0.5, 0.6) is 0 Å². The highest BCUT2D eigenvalue weighted by atomic mass is 31.0. The molecule has 0 aliphatic rings. The lowest BCUT2D eigenvalue weighted by atomic mass is 10.2. The molecule has 3 heteroatoms. The summed E-state index contributed by atoms with van der Waals surface area (Å²) in [5.74, 6) is 0. The van der Waals surface area contributed by atoms with E-state index >= 15 is 0 Å². The van der Waals surface area contributed by atoms with E-state index in [1.165, 1.54) is 5.57 Å². The third-order valence-corrected chi connectivity index (χ3v) is 2.78. The zero-order chi connectivity index (χ0) is 11.5. The summed E-state index contributed by atoms with van der Waals surface area (Å²) >= 11 is 0. The molecule has 0 amide bonds. The van der Waals surface area contributed by atoms with Gasteiger partial charge in [0.15, 0.2) is 0 Å². The maximum Gasteiger partial charge on any atom is 0.0202 e. The summed E-state index contributed by atoms with van der Waals surface area (Å²) in [7, 11) is 2.56. The fourth-order valence-electron chi connectivity index (χ4n) is 1.31. The summed E-state index contributed by atoms with van der Waals surface area (Å²) < 4.78 is 0. The fourth-order valence-corrected chi connectivity index (χ4v) is 1.48. The van der Waals surface area contributed by atoms with E-state index in [1.54, 1.807) is 0 Å². The average Bonchev–Trinajstić information content (AvgIpc) is 2.24. The van der Waals surface area contributed by atoms with Gasteiger partial charge in [0.05, 0.1) is 0 Å². The Morgan fingerprint density at radius 3 is 2.73 bits per heavy atom. The second-order valence-corrected chi connectivity index (χ2v) is 4.05. The van der Waals surface area contributed by atoms with Crippen molar-refractivity contribution in [2.45, 2.75) is 39.7 Å². The Bertz CT molecular complexity index is 200. The Morgan fingerprint density at radius 2 is 2.20 bits per heavy atom. The van der Waals surface area contributed by atoms with Gasteiger partial charge in [-0.3, -0.25) is 5.09 Å². The van der Waals surface area contributed by atoms with E-state index in [4.69, 9.17) is 0 Å². The van der Waals surface area contributed by atoms with Gasteiger partial charge in [-0.05, 0) is 38.8 Å². The van der Waals surface area contributed by atoms with Crippen molar-refractivity contribution in [3.63, 3.8) is 0 Å². The molecule has 0 aromatic carbocycles. The van der Waals surface area contributed by atoms with Crippen LogP contribution >= 0.6 is 9.39 Å². The third kappa shape index (κ3) is 8.80. The van der Waals surface area contributed by atoms with E-state index in [0.29, 0.717) is 6.04 Å². The zero-order valence-electron chi connectivity index (χ0n) is 10.2. The molecule has 0 aromatic heterocycles. The van der Waals surface area contributed by atoms with E-state index in [2.05, 4.69) is 58.8 Å². The molecular formula is C12H25N2P. The second kappa shape index (κ2) is 10.4. The van der Waals surface area contributed by atoms with Crippen molar-refractivity contribution < 1.29 is 0 Å². The van der Waals surface area contributed by atoms with Crippen LogP contribution in [0.2, 0.25) is 0 Å². The number of allylic oxidation sites excluding steroid dienone is 2. The molecule has 0 bridgehead atoms. The van der Waals surface area contributed by atoms with Crippen LogP contribution < -0.4 is 10.4 Å². The number of rotatable bonds is 8. The van der Waals surface area contributed by atoms with Gasteiger partial charge in [0, 0.05) is 12.6 Å².